The van der Waals surface area contributed by atoms with E-state index in [1.165, 1.54) is 10.9 Å². The molecule has 10 nitrogen and oxygen atoms in total. The van der Waals surface area contributed by atoms with Crippen LogP contribution in [0.3, 0.4) is 0 Å². The van der Waals surface area contributed by atoms with Gasteiger partial charge in [0.25, 0.3) is 0 Å². The molecule has 0 bridgehead atoms. The number of carbonyl (C=O) groups is 1. The normalized spacial score (nSPS) is 17.1. The molecule has 0 aromatic carbocycles. The van der Waals surface area contributed by atoms with Crippen molar-refractivity contribution in [3.05, 3.63) is 46.0 Å². The van der Waals surface area contributed by atoms with Crippen LogP contribution in [0.15, 0.2) is 24.5 Å². The second kappa shape index (κ2) is 6.96. The van der Waals surface area contributed by atoms with E-state index in [1.54, 1.807) is 29.9 Å². The van der Waals surface area contributed by atoms with Gasteiger partial charge in [0.15, 0.2) is 10.8 Å². The number of carbonyl (C=O) groups excluding carboxylic acids is 1. The predicted molar refractivity (Wildman–Crippen MR) is 114 cm³/mol. The van der Waals surface area contributed by atoms with E-state index in [4.69, 9.17) is 23.2 Å². The molecule has 0 unspecified atom stereocenters. The Bertz CT molecular complexity index is 1340. The molecule has 31 heavy (non-hydrogen) atoms. The number of nitrogens with zero attached hydrogens (tertiary/aromatic N) is 8. The molecule has 0 fully saturated rings. The quantitative estimate of drug-likeness (QED) is 0.502. The third kappa shape index (κ3) is 3.22. The monoisotopic (exact) mass is 457 g/mol. The molecule has 4 aromatic heterocycles. The first-order chi connectivity index (χ1) is 14.7. The number of fused-ring (bicyclic) bond motifs is 3. The third-order valence-corrected chi connectivity index (χ3v) is 5.94. The number of pyridine rings is 1. The van der Waals surface area contributed by atoms with Gasteiger partial charge in [-0.15, -0.1) is 5.10 Å². The molecule has 1 amide bonds. The van der Waals surface area contributed by atoms with Crippen LogP contribution in [0.4, 0.5) is 5.69 Å². The van der Waals surface area contributed by atoms with Crippen molar-refractivity contribution in [2.24, 2.45) is 7.05 Å². The molecule has 1 N–H and O–H groups in total. The molecule has 158 valence electrons. The fraction of sp³-hybridized carbons (Fsp3) is 0.316. The van der Waals surface area contributed by atoms with Gasteiger partial charge in [0.05, 0.1) is 28.5 Å². The van der Waals surface area contributed by atoms with Crippen molar-refractivity contribution in [2.75, 3.05) is 5.32 Å². The summed E-state index contributed by atoms with van der Waals surface area (Å²) in [4.78, 5) is 21.9. The maximum Gasteiger partial charge on any atom is 0.232 e. The summed E-state index contributed by atoms with van der Waals surface area (Å²) < 4.78 is 3.20. The van der Waals surface area contributed by atoms with Crippen molar-refractivity contribution < 1.29 is 4.79 Å². The molecule has 0 aliphatic heterocycles. The zero-order valence-corrected chi connectivity index (χ0v) is 18.3. The van der Waals surface area contributed by atoms with Crippen LogP contribution in [-0.2, 0) is 17.3 Å². The maximum atomic E-state index is 13.2. The maximum absolute atomic E-state index is 13.2. The van der Waals surface area contributed by atoms with Crippen molar-refractivity contribution in [2.45, 2.75) is 31.6 Å². The molecule has 5 rings (SSSR count). The summed E-state index contributed by atoms with van der Waals surface area (Å²) in [6.45, 7) is 4.16. The van der Waals surface area contributed by atoms with E-state index in [1.807, 2.05) is 0 Å². The highest BCUT2D eigenvalue weighted by Crippen LogP contribution is 2.46. The molecular weight excluding hydrogens is 441 g/mol. The van der Waals surface area contributed by atoms with Crippen molar-refractivity contribution >= 4 is 40.4 Å². The number of halogens is 2. The van der Waals surface area contributed by atoms with Gasteiger partial charge in [-0.05, 0) is 22.9 Å². The highest BCUT2D eigenvalue weighted by atomic mass is 35.5. The molecule has 0 radical (unpaired) electrons. The van der Waals surface area contributed by atoms with E-state index in [0.29, 0.717) is 39.4 Å². The van der Waals surface area contributed by atoms with Gasteiger partial charge >= 0.3 is 0 Å². The van der Waals surface area contributed by atoms with Crippen LogP contribution in [-0.4, -0.2) is 45.7 Å². The predicted octanol–water partition coefficient (Wildman–Crippen LogP) is 3.03. The largest absolute Gasteiger partial charge is 0.324 e. The molecular formula is C19H17Cl2N9O. The summed E-state index contributed by atoms with van der Waals surface area (Å²) in [5.41, 5.74) is 3.05. The number of hydrogen-bond donors (Lipinski definition) is 1. The van der Waals surface area contributed by atoms with E-state index >= 15 is 0 Å². The topological polar surface area (TPSA) is 116 Å². The van der Waals surface area contributed by atoms with Crippen LogP contribution >= 0.6 is 23.2 Å². The lowest BCUT2D eigenvalue weighted by molar-refractivity contribution is -0.117. The second-order valence-corrected chi connectivity index (χ2v) is 8.90. The third-order valence-electron chi connectivity index (χ3n) is 5.47. The fourth-order valence-electron chi connectivity index (χ4n) is 4.13. The summed E-state index contributed by atoms with van der Waals surface area (Å²) in [6.07, 6.45) is 3.87. The van der Waals surface area contributed by atoms with Gasteiger partial charge in [0, 0.05) is 30.3 Å². The van der Waals surface area contributed by atoms with E-state index < -0.39 is 5.92 Å². The Morgan fingerprint density at radius 1 is 1.23 bits per heavy atom. The highest BCUT2D eigenvalue weighted by molar-refractivity contribution is 6.33. The molecule has 1 aliphatic carbocycles. The first kappa shape index (κ1) is 19.8. The minimum absolute atomic E-state index is 0.169. The van der Waals surface area contributed by atoms with E-state index in [0.717, 1.165) is 11.3 Å². The zero-order valence-electron chi connectivity index (χ0n) is 16.8. The van der Waals surface area contributed by atoms with Crippen molar-refractivity contribution in [1.29, 1.82) is 0 Å². The SMILES string of the molecule is Cn1nnnc1-c1ncc(NC(=O)[C@@H]2CC(C)(C)c3c2cnc2cc(Cl)nn32)cc1Cl. The summed E-state index contributed by atoms with van der Waals surface area (Å²) >= 11 is 12.4. The Kier molecular flexibility index (Phi) is 4.45. The van der Waals surface area contributed by atoms with Crippen LogP contribution < -0.4 is 5.32 Å². The minimum atomic E-state index is -0.397. The molecule has 1 atom stereocenters. The lowest BCUT2D eigenvalue weighted by atomic mass is 9.88. The molecule has 0 spiro atoms. The van der Waals surface area contributed by atoms with Gasteiger partial charge in [0.2, 0.25) is 11.7 Å². The molecule has 1 aliphatic rings. The fourth-order valence-corrected chi connectivity index (χ4v) is 4.56. The van der Waals surface area contributed by atoms with Crippen LogP contribution in [0, 0.1) is 0 Å². The summed E-state index contributed by atoms with van der Waals surface area (Å²) in [5, 5.41) is 19.3. The van der Waals surface area contributed by atoms with Crippen molar-refractivity contribution in [3.8, 4) is 11.5 Å². The Morgan fingerprint density at radius 2 is 2.03 bits per heavy atom. The van der Waals surface area contributed by atoms with E-state index in [-0.39, 0.29) is 11.3 Å². The Labute approximate surface area is 186 Å². The summed E-state index contributed by atoms with van der Waals surface area (Å²) in [5.74, 6) is -0.134. The second-order valence-electron chi connectivity index (χ2n) is 8.11. The number of nitrogens with one attached hydrogen (secondary N) is 1. The van der Waals surface area contributed by atoms with Gasteiger partial charge < -0.3 is 5.32 Å². The lowest BCUT2D eigenvalue weighted by Crippen LogP contribution is -2.21. The molecule has 4 aromatic rings. The van der Waals surface area contributed by atoms with Gasteiger partial charge in [-0.1, -0.05) is 37.0 Å². The van der Waals surface area contributed by atoms with E-state index in [9.17, 15) is 4.79 Å². The Morgan fingerprint density at radius 3 is 2.74 bits per heavy atom. The number of rotatable bonds is 3. The van der Waals surface area contributed by atoms with Gasteiger partial charge in [-0.3, -0.25) is 4.79 Å². The number of aromatic nitrogens is 8. The van der Waals surface area contributed by atoms with Crippen molar-refractivity contribution in [1.82, 2.24) is 39.8 Å². The number of hydrogen-bond acceptors (Lipinski definition) is 7. The van der Waals surface area contributed by atoms with Gasteiger partial charge in [0.1, 0.15) is 5.69 Å². The first-order valence-corrected chi connectivity index (χ1v) is 10.2. The average Bonchev–Trinajstić information content (AvgIpc) is 3.36. The first-order valence-electron chi connectivity index (χ1n) is 9.48. The number of anilines is 1. The molecule has 0 saturated carbocycles. The molecule has 12 heteroatoms. The average molecular weight is 458 g/mol. The number of amides is 1. The highest BCUT2D eigenvalue weighted by Gasteiger charge is 2.43. The smallest absolute Gasteiger partial charge is 0.232 e. The van der Waals surface area contributed by atoms with Crippen LogP contribution in [0.5, 0.6) is 0 Å². The minimum Gasteiger partial charge on any atom is -0.324 e. The number of tetrazole rings is 1. The summed E-state index contributed by atoms with van der Waals surface area (Å²) in [7, 11) is 1.69. The van der Waals surface area contributed by atoms with Crippen LogP contribution in [0.2, 0.25) is 10.2 Å². The van der Waals surface area contributed by atoms with Gasteiger partial charge in [-0.25, -0.2) is 19.2 Å². The lowest BCUT2D eigenvalue weighted by Gasteiger charge is -2.19. The van der Waals surface area contributed by atoms with Crippen LogP contribution in [0.1, 0.15) is 37.4 Å². The Balaban J connectivity index is 1.45. The molecule has 4 heterocycles. The zero-order chi connectivity index (χ0) is 21.9. The van der Waals surface area contributed by atoms with Crippen molar-refractivity contribution in [3.63, 3.8) is 0 Å². The Hall–Kier alpha value is -3.11. The standard InChI is InChI=1S/C19H17Cl2N9O/c1-19(2)6-10(11-8-22-14-5-13(21)26-30(14)16(11)19)18(31)24-9-4-12(20)15(23-7-9)17-25-27-28-29(17)3/h4-5,7-8,10H,6H2,1-3H3,(H,24,31)/t10-/m1/s1. The van der Waals surface area contributed by atoms with E-state index in [2.05, 4.69) is 49.8 Å². The number of aryl methyl sites for hydroxylation is 1. The van der Waals surface area contributed by atoms with Gasteiger partial charge in [-0.2, -0.15) is 5.10 Å². The summed E-state index contributed by atoms with van der Waals surface area (Å²) in [6, 6.07) is 3.33. The van der Waals surface area contributed by atoms with Crippen LogP contribution in [0.25, 0.3) is 17.2 Å². The molecule has 0 saturated heterocycles.